The van der Waals surface area contributed by atoms with Gasteiger partial charge in [-0.2, -0.15) is 0 Å². The average molecular weight is 342 g/mol. The number of nitrogens with zero attached hydrogens (tertiary/aromatic N) is 1. The fourth-order valence-electron chi connectivity index (χ4n) is 2.68. The molecule has 0 aromatic heterocycles. The maximum absolute atomic E-state index is 12.2. The number of benzene rings is 1. The van der Waals surface area contributed by atoms with Crippen molar-refractivity contribution >= 4 is 11.9 Å². The molecule has 23 heavy (non-hydrogen) atoms. The number of carbonyl (C=O) groups is 2. The third-order valence-electron chi connectivity index (χ3n) is 3.94. The molecular weight excluding hydrogens is 318 g/mol. The van der Waals surface area contributed by atoms with Crippen LogP contribution >= 0.6 is 0 Å². The van der Waals surface area contributed by atoms with E-state index in [1.54, 1.807) is 31.2 Å². The molecule has 1 fully saturated rings. The monoisotopic (exact) mass is 341 g/mol. The molecule has 0 spiro atoms. The molecule has 0 radical (unpaired) electrons. The number of hydrogen-bond acceptors (Lipinski definition) is 5. The van der Waals surface area contributed by atoms with Crippen LogP contribution in [0.5, 0.6) is 0 Å². The maximum Gasteiger partial charge on any atom is 1.00 e. The number of rotatable bonds is 5. The summed E-state index contributed by atoms with van der Waals surface area (Å²) in [6, 6.07) is 8.85. The lowest BCUT2D eigenvalue weighted by Crippen LogP contribution is -3.00. The Labute approximate surface area is 144 Å². The first-order chi connectivity index (χ1) is 10.7. The highest BCUT2D eigenvalue weighted by molar-refractivity contribution is 5.89. The Morgan fingerprint density at radius 2 is 1.96 bits per heavy atom. The van der Waals surface area contributed by atoms with Gasteiger partial charge in [-0.25, -0.2) is 4.79 Å². The fourth-order valence-corrected chi connectivity index (χ4v) is 2.68. The quantitative estimate of drug-likeness (QED) is 0.659. The summed E-state index contributed by atoms with van der Waals surface area (Å²) in [6.07, 6.45) is 0.227. The van der Waals surface area contributed by atoms with Crippen molar-refractivity contribution in [2.75, 3.05) is 26.2 Å². The van der Waals surface area contributed by atoms with Crippen LogP contribution in [0.3, 0.4) is 0 Å². The number of halogens is 1. The first-order valence-electron chi connectivity index (χ1n) is 7.80. The topological polar surface area (TPSA) is 55.8 Å². The van der Waals surface area contributed by atoms with Crippen LogP contribution in [0, 0.1) is 5.92 Å². The van der Waals surface area contributed by atoms with Crippen molar-refractivity contribution in [2.24, 2.45) is 5.92 Å². The van der Waals surface area contributed by atoms with Gasteiger partial charge in [-0.05, 0) is 32.0 Å². The minimum absolute atomic E-state index is 0. The third-order valence-corrected chi connectivity index (χ3v) is 3.94. The third kappa shape index (κ3) is 5.22. The molecule has 0 amide bonds. The molecule has 128 valence electrons. The molecule has 1 saturated heterocycles. The van der Waals surface area contributed by atoms with Gasteiger partial charge in [-0.1, -0.05) is 25.1 Å². The van der Waals surface area contributed by atoms with Crippen molar-refractivity contribution < 1.29 is 32.9 Å². The highest BCUT2D eigenvalue weighted by Gasteiger charge is 2.37. The standard InChI is InChI=1S/C17H23NO4.ClH/c1-3-18-11-10-15(14(12-18)17(20)21-4-2)22-16(19)13-8-6-5-7-9-13;/h5-9,14-15H,3-4,10-12H2,1-2H3;1H. The average Bonchev–Trinajstić information content (AvgIpc) is 2.56. The molecule has 0 aliphatic carbocycles. The number of likely N-dealkylation sites (tertiary alicyclic amines) is 1. The molecular formula is C17H24ClNO4. The fraction of sp³-hybridized carbons (Fsp3) is 0.529. The van der Waals surface area contributed by atoms with Gasteiger partial charge in [-0.3, -0.25) is 4.79 Å². The zero-order chi connectivity index (χ0) is 15.9. The lowest BCUT2D eigenvalue weighted by atomic mass is 9.94. The van der Waals surface area contributed by atoms with Gasteiger partial charge in [0.25, 0.3) is 0 Å². The Balaban J connectivity index is 0.00000264. The van der Waals surface area contributed by atoms with E-state index in [9.17, 15) is 9.59 Å². The molecule has 1 heterocycles. The van der Waals surface area contributed by atoms with Gasteiger partial charge >= 0.3 is 13.4 Å². The lowest BCUT2D eigenvalue weighted by Gasteiger charge is -2.36. The second kappa shape index (κ2) is 9.53. The lowest BCUT2D eigenvalue weighted by molar-refractivity contribution is -0.155. The van der Waals surface area contributed by atoms with Gasteiger partial charge in [0.15, 0.2) is 0 Å². The second-order valence-electron chi connectivity index (χ2n) is 5.35. The van der Waals surface area contributed by atoms with Crippen molar-refractivity contribution in [3.63, 3.8) is 0 Å². The highest BCUT2D eigenvalue weighted by atomic mass is 35.5. The van der Waals surface area contributed by atoms with Gasteiger partial charge < -0.3 is 26.8 Å². The molecule has 6 heteroatoms. The zero-order valence-electron chi connectivity index (χ0n) is 14.5. The van der Waals surface area contributed by atoms with Crippen LogP contribution in [0.1, 0.15) is 32.1 Å². The van der Waals surface area contributed by atoms with Crippen molar-refractivity contribution in [3.8, 4) is 0 Å². The predicted octanol–water partition coefficient (Wildman–Crippen LogP) is -0.767. The molecule has 1 aliphatic rings. The molecule has 1 aromatic rings. The molecule has 1 aromatic carbocycles. The van der Waals surface area contributed by atoms with Crippen molar-refractivity contribution in [2.45, 2.75) is 26.4 Å². The van der Waals surface area contributed by atoms with E-state index in [0.717, 1.165) is 13.1 Å². The van der Waals surface area contributed by atoms with E-state index in [-0.39, 0.29) is 25.8 Å². The van der Waals surface area contributed by atoms with E-state index in [0.29, 0.717) is 25.1 Å². The Morgan fingerprint density at radius 3 is 2.57 bits per heavy atom. The predicted molar refractivity (Wildman–Crippen MR) is 83.6 cm³/mol. The smallest absolute Gasteiger partial charge is 1.00 e. The Morgan fingerprint density at radius 1 is 1.26 bits per heavy atom. The number of hydrogen-bond donors (Lipinski definition) is 0. The summed E-state index contributed by atoms with van der Waals surface area (Å²) in [5, 5.41) is 0. The largest absolute Gasteiger partial charge is 1.00 e. The SMILES string of the molecule is CCOC(=O)C1CN(CC)CCC1OC(=O)c1ccccc1.[Cl-].[H+]. The first-order valence-corrected chi connectivity index (χ1v) is 7.80. The number of esters is 2. The van der Waals surface area contributed by atoms with E-state index in [2.05, 4.69) is 11.8 Å². The van der Waals surface area contributed by atoms with Crippen LogP contribution in [-0.4, -0.2) is 49.2 Å². The molecule has 5 nitrogen and oxygen atoms in total. The summed E-state index contributed by atoms with van der Waals surface area (Å²) in [7, 11) is 0. The van der Waals surface area contributed by atoms with Crippen LogP contribution in [0.25, 0.3) is 0 Å². The highest BCUT2D eigenvalue weighted by Crippen LogP contribution is 2.23. The van der Waals surface area contributed by atoms with Crippen molar-refractivity contribution in [3.05, 3.63) is 35.9 Å². The van der Waals surface area contributed by atoms with Gasteiger partial charge in [-0.15, -0.1) is 0 Å². The number of carbonyl (C=O) groups excluding carboxylic acids is 2. The van der Waals surface area contributed by atoms with E-state index in [1.807, 2.05) is 6.07 Å². The zero-order valence-corrected chi connectivity index (χ0v) is 14.3. The van der Waals surface area contributed by atoms with Gasteiger partial charge in [0.05, 0.1) is 12.2 Å². The Hall–Kier alpha value is -1.59. The number of piperidine rings is 1. The first kappa shape index (κ1) is 19.5. The molecule has 0 bridgehead atoms. The Bertz CT molecular complexity index is 515. The molecule has 0 saturated carbocycles. The second-order valence-corrected chi connectivity index (χ2v) is 5.35. The van der Waals surface area contributed by atoms with Gasteiger partial charge in [0, 0.05) is 13.1 Å². The minimum Gasteiger partial charge on any atom is -1.00 e. The number of ether oxygens (including phenoxy) is 2. The Kier molecular flexibility index (Phi) is 8.06. The molecule has 2 unspecified atom stereocenters. The van der Waals surface area contributed by atoms with Crippen LogP contribution in [0.2, 0.25) is 0 Å². The van der Waals surface area contributed by atoms with Crippen LogP contribution in [-0.2, 0) is 14.3 Å². The summed E-state index contributed by atoms with van der Waals surface area (Å²) < 4.78 is 10.7. The molecule has 1 aliphatic heterocycles. The normalized spacial score (nSPS) is 21.1. The van der Waals surface area contributed by atoms with Crippen LogP contribution in [0.4, 0.5) is 0 Å². The summed E-state index contributed by atoms with van der Waals surface area (Å²) in [4.78, 5) is 26.5. The molecule has 0 N–H and O–H groups in total. The van der Waals surface area contributed by atoms with Crippen molar-refractivity contribution in [1.29, 1.82) is 0 Å². The van der Waals surface area contributed by atoms with E-state index < -0.39 is 12.0 Å². The van der Waals surface area contributed by atoms with E-state index in [4.69, 9.17) is 9.47 Å². The molecule has 2 rings (SSSR count). The van der Waals surface area contributed by atoms with Gasteiger partial charge in [0.2, 0.25) is 0 Å². The summed E-state index contributed by atoms with van der Waals surface area (Å²) in [5.41, 5.74) is 0.503. The van der Waals surface area contributed by atoms with Crippen LogP contribution in [0.15, 0.2) is 30.3 Å². The summed E-state index contributed by atoms with van der Waals surface area (Å²) in [5.74, 6) is -1.09. The maximum atomic E-state index is 12.2. The van der Waals surface area contributed by atoms with E-state index >= 15 is 0 Å². The van der Waals surface area contributed by atoms with Crippen LogP contribution < -0.4 is 12.4 Å². The van der Waals surface area contributed by atoms with Crippen molar-refractivity contribution in [1.82, 2.24) is 4.90 Å². The summed E-state index contributed by atoms with van der Waals surface area (Å²) >= 11 is 0. The minimum atomic E-state index is -0.422. The van der Waals surface area contributed by atoms with Gasteiger partial charge in [0.1, 0.15) is 12.0 Å². The molecule has 2 atom stereocenters. The summed E-state index contributed by atoms with van der Waals surface area (Å²) in [6.45, 7) is 6.43. The van der Waals surface area contributed by atoms with E-state index in [1.165, 1.54) is 0 Å².